The smallest absolute Gasteiger partial charge is 0.434 e. The van der Waals surface area contributed by atoms with E-state index in [1.807, 2.05) is 0 Å². The van der Waals surface area contributed by atoms with Crippen molar-refractivity contribution in [2.24, 2.45) is 0 Å². The number of ether oxygens (including phenoxy) is 3. The van der Waals surface area contributed by atoms with Gasteiger partial charge in [-0.05, 0) is 12.8 Å². The van der Waals surface area contributed by atoms with Crippen LogP contribution in [0.15, 0.2) is 0 Å². The molecule has 1 rings (SSSR count). The highest BCUT2D eigenvalue weighted by molar-refractivity contribution is 5.77. The first-order valence-electron chi connectivity index (χ1n) is 10.3. The van der Waals surface area contributed by atoms with Crippen LogP contribution in [0.4, 0.5) is 9.59 Å². The van der Waals surface area contributed by atoms with Crippen molar-refractivity contribution in [1.82, 2.24) is 0 Å². The molecule has 146 valence electrons. The van der Waals surface area contributed by atoms with E-state index >= 15 is 0 Å². The Bertz CT molecular complexity index is 356. The molecule has 0 N–H and O–H groups in total. The Morgan fingerprint density at radius 2 is 1.28 bits per heavy atom. The number of hydrogen-bond donors (Lipinski definition) is 0. The first-order valence-corrected chi connectivity index (χ1v) is 10.3. The maximum atomic E-state index is 11.2. The van der Waals surface area contributed by atoms with E-state index in [0.717, 1.165) is 19.3 Å². The Kier molecular flexibility index (Phi) is 13.1. The average Bonchev–Trinajstić information content (AvgIpc) is 2.57. The Labute approximate surface area is 152 Å². The molecule has 0 amide bonds. The van der Waals surface area contributed by atoms with Crippen molar-refractivity contribution >= 4 is 12.3 Å². The first kappa shape index (κ1) is 21.8. The minimum absolute atomic E-state index is 0.201. The molecule has 25 heavy (non-hydrogen) atoms. The zero-order valence-electron chi connectivity index (χ0n) is 15.9. The van der Waals surface area contributed by atoms with Crippen LogP contribution in [0.2, 0.25) is 0 Å². The largest absolute Gasteiger partial charge is 0.518 e. The SMILES string of the molecule is CCCCCCCCCCCCCCCC1CCOC(=O)OC(=O)O1. The fourth-order valence-corrected chi connectivity index (χ4v) is 3.18. The molecular formula is C20H36O5. The minimum atomic E-state index is -0.968. The predicted octanol–water partition coefficient (Wildman–Crippen LogP) is 6.53. The predicted molar refractivity (Wildman–Crippen MR) is 97.6 cm³/mol. The molecule has 1 fully saturated rings. The summed E-state index contributed by atoms with van der Waals surface area (Å²) in [7, 11) is 0. The Morgan fingerprint density at radius 1 is 0.760 bits per heavy atom. The summed E-state index contributed by atoms with van der Waals surface area (Å²) in [4.78, 5) is 22.1. The maximum Gasteiger partial charge on any atom is 0.518 e. The molecule has 1 unspecified atom stereocenters. The summed E-state index contributed by atoms with van der Waals surface area (Å²) in [5, 5.41) is 0. The molecule has 1 heterocycles. The minimum Gasteiger partial charge on any atom is -0.434 e. The topological polar surface area (TPSA) is 61.8 Å². The van der Waals surface area contributed by atoms with Gasteiger partial charge in [-0.15, -0.1) is 0 Å². The quantitative estimate of drug-likeness (QED) is 0.201. The fourth-order valence-electron chi connectivity index (χ4n) is 3.18. The van der Waals surface area contributed by atoms with Crippen LogP contribution < -0.4 is 0 Å². The molecule has 0 saturated carbocycles. The lowest BCUT2D eigenvalue weighted by atomic mass is 10.0. The lowest BCUT2D eigenvalue weighted by Gasteiger charge is -2.19. The van der Waals surface area contributed by atoms with Crippen LogP contribution in [0.5, 0.6) is 0 Å². The van der Waals surface area contributed by atoms with Crippen LogP contribution in [0, 0.1) is 0 Å². The molecule has 5 nitrogen and oxygen atoms in total. The van der Waals surface area contributed by atoms with Crippen LogP contribution in [0.1, 0.15) is 103 Å². The van der Waals surface area contributed by atoms with Gasteiger partial charge in [0.1, 0.15) is 6.10 Å². The Hall–Kier alpha value is -1.26. The highest BCUT2D eigenvalue weighted by atomic mass is 16.8. The summed E-state index contributed by atoms with van der Waals surface area (Å²) in [6, 6.07) is 0. The molecule has 0 spiro atoms. The van der Waals surface area contributed by atoms with Crippen LogP contribution >= 0.6 is 0 Å². The molecule has 1 atom stereocenters. The summed E-state index contributed by atoms with van der Waals surface area (Å²) in [6.45, 7) is 2.50. The third kappa shape index (κ3) is 12.7. The van der Waals surface area contributed by atoms with E-state index in [0.29, 0.717) is 6.42 Å². The first-order chi connectivity index (χ1) is 12.2. The summed E-state index contributed by atoms with van der Waals surface area (Å²) in [5.41, 5.74) is 0. The van der Waals surface area contributed by atoms with E-state index in [4.69, 9.17) is 9.47 Å². The van der Waals surface area contributed by atoms with Gasteiger partial charge in [0.05, 0.1) is 6.61 Å². The Balaban J connectivity index is 1.86. The summed E-state index contributed by atoms with van der Waals surface area (Å²) in [5.74, 6) is 0. The van der Waals surface area contributed by atoms with Gasteiger partial charge >= 0.3 is 12.3 Å². The van der Waals surface area contributed by atoms with E-state index in [2.05, 4.69) is 11.7 Å². The van der Waals surface area contributed by atoms with E-state index in [9.17, 15) is 9.59 Å². The van der Waals surface area contributed by atoms with E-state index in [1.165, 1.54) is 70.6 Å². The van der Waals surface area contributed by atoms with Gasteiger partial charge in [0, 0.05) is 6.42 Å². The van der Waals surface area contributed by atoms with Crippen LogP contribution in [0.3, 0.4) is 0 Å². The lowest BCUT2D eigenvalue weighted by Crippen LogP contribution is -2.27. The summed E-state index contributed by atoms with van der Waals surface area (Å²) < 4.78 is 14.2. The third-order valence-electron chi connectivity index (χ3n) is 4.72. The average molecular weight is 357 g/mol. The molecular weight excluding hydrogens is 320 g/mol. The van der Waals surface area contributed by atoms with E-state index in [-0.39, 0.29) is 12.7 Å². The second-order valence-electron chi connectivity index (χ2n) is 7.01. The van der Waals surface area contributed by atoms with Gasteiger partial charge in [0.25, 0.3) is 0 Å². The van der Waals surface area contributed by atoms with Crippen molar-refractivity contribution in [2.45, 2.75) is 109 Å². The molecule has 5 heteroatoms. The molecule has 1 aliphatic rings. The van der Waals surface area contributed by atoms with Gasteiger partial charge in [-0.25, -0.2) is 9.59 Å². The summed E-state index contributed by atoms with van der Waals surface area (Å²) in [6.07, 6.45) is 16.4. The molecule has 1 saturated heterocycles. The van der Waals surface area contributed by atoms with Crippen molar-refractivity contribution in [3.05, 3.63) is 0 Å². The number of cyclic esters (lactones) is 4. The highest BCUT2D eigenvalue weighted by Crippen LogP contribution is 2.16. The molecule has 1 aliphatic heterocycles. The van der Waals surface area contributed by atoms with Gasteiger partial charge < -0.3 is 14.2 Å². The second kappa shape index (κ2) is 15.0. The zero-order valence-corrected chi connectivity index (χ0v) is 15.9. The standard InChI is InChI=1S/C20H36O5/c1-2-3-4-5-6-7-8-9-10-11-12-13-14-15-18-16-17-23-19(21)25-20(22)24-18/h18H,2-17H2,1H3. The molecule has 0 aromatic rings. The van der Waals surface area contributed by atoms with Crippen LogP contribution in [0.25, 0.3) is 0 Å². The van der Waals surface area contributed by atoms with Crippen LogP contribution in [-0.4, -0.2) is 25.0 Å². The second-order valence-corrected chi connectivity index (χ2v) is 7.01. The van der Waals surface area contributed by atoms with Gasteiger partial charge in [-0.1, -0.05) is 84.0 Å². The molecule has 0 bridgehead atoms. The number of unbranched alkanes of at least 4 members (excludes halogenated alkanes) is 12. The van der Waals surface area contributed by atoms with Crippen molar-refractivity contribution in [2.75, 3.05) is 6.61 Å². The number of rotatable bonds is 14. The molecule has 0 aromatic carbocycles. The highest BCUT2D eigenvalue weighted by Gasteiger charge is 2.22. The number of carbonyl (C=O) groups is 2. The molecule has 0 aliphatic carbocycles. The summed E-state index contributed by atoms with van der Waals surface area (Å²) >= 11 is 0. The van der Waals surface area contributed by atoms with Crippen LogP contribution in [-0.2, 0) is 14.2 Å². The van der Waals surface area contributed by atoms with Crippen molar-refractivity contribution in [3.63, 3.8) is 0 Å². The van der Waals surface area contributed by atoms with E-state index < -0.39 is 12.3 Å². The number of carbonyl (C=O) groups excluding carboxylic acids is 2. The van der Waals surface area contributed by atoms with Gasteiger partial charge in [-0.2, -0.15) is 0 Å². The van der Waals surface area contributed by atoms with Gasteiger partial charge in [0.15, 0.2) is 0 Å². The van der Waals surface area contributed by atoms with Gasteiger partial charge in [-0.3, -0.25) is 0 Å². The van der Waals surface area contributed by atoms with Crippen molar-refractivity contribution in [3.8, 4) is 0 Å². The lowest BCUT2D eigenvalue weighted by molar-refractivity contribution is -0.0157. The monoisotopic (exact) mass is 356 g/mol. The normalized spacial score (nSPS) is 18.0. The molecule has 0 aromatic heterocycles. The van der Waals surface area contributed by atoms with E-state index in [1.54, 1.807) is 0 Å². The van der Waals surface area contributed by atoms with Gasteiger partial charge in [0.2, 0.25) is 0 Å². The third-order valence-corrected chi connectivity index (χ3v) is 4.72. The maximum absolute atomic E-state index is 11.2. The zero-order chi connectivity index (χ0) is 18.2. The Morgan fingerprint density at radius 3 is 1.84 bits per heavy atom. The number of hydrogen-bond acceptors (Lipinski definition) is 5. The molecule has 0 radical (unpaired) electrons. The van der Waals surface area contributed by atoms with Crippen molar-refractivity contribution < 1.29 is 23.8 Å². The fraction of sp³-hybridized carbons (Fsp3) is 0.900. The van der Waals surface area contributed by atoms with Crippen molar-refractivity contribution in [1.29, 1.82) is 0 Å².